The smallest absolute Gasteiger partial charge is 0.252 e. The molecule has 180 valence electrons. The van der Waals surface area contributed by atoms with Gasteiger partial charge in [-0.05, 0) is 43.3 Å². The molecule has 0 aromatic heterocycles. The van der Waals surface area contributed by atoms with E-state index < -0.39 is 0 Å². The molecule has 1 aliphatic heterocycles. The number of hydrazone groups is 1. The van der Waals surface area contributed by atoms with Gasteiger partial charge in [-0.2, -0.15) is 5.10 Å². The molecule has 1 amide bonds. The van der Waals surface area contributed by atoms with Gasteiger partial charge in [0, 0.05) is 20.9 Å². The van der Waals surface area contributed by atoms with E-state index in [1.165, 1.54) is 21.1 Å². The number of carbonyl (C=O) groups excluding carboxylic acids is 2. The summed E-state index contributed by atoms with van der Waals surface area (Å²) in [5, 5.41) is 4.22. The second-order valence-electron chi connectivity index (χ2n) is 7.55. The van der Waals surface area contributed by atoms with Gasteiger partial charge in [0.25, 0.3) is 5.91 Å². The maximum absolute atomic E-state index is 13.4. The average molecular weight is 492 g/mol. The van der Waals surface area contributed by atoms with Crippen molar-refractivity contribution < 1.29 is 23.8 Å². The number of ketones is 1. The number of methoxy groups -OCH3 is 3. The van der Waals surface area contributed by atoms with Crippen LogP contribution < -0.4 is 24.5 Å². The number of Topliss-reactive ketones (excluding diaryl/α,β-unsaturated/α-hetero) is 1. The second-order valence-corrected chi connectivity index (χ2v) is 8.64. The number of para-hydroxylation sites is 1. The summed E-state index contributed by atoms with van der Waals surface area (Å²) in [6, 6.07) is 16.6. The number of hydrogen-bond donors (Lipinski definition) is 1. The standard InChI is InChI=1S/C26H25N3O5S/c1-16(30)17-10-12-23-20(13-17)29(19-7-5-6-8-22(19)35-23)24(31)15-28-27-14-18-9-11-21(32-2)26(34-4)25(18)33-3/h5-14,28H,15H2,1-4H3/b27-14+. The minimum absolute atomic E-state index is 0.0596. The number of anilines is 2. The van der Waals surface area contributed by atoms with Crippen molar-refractivity contribution in [3.8, 4) is 17.2 Å². The summed E-state index contributed by atoms with van der Waals surface area (Å²) in [6.45, 7) is 1.45. The fourth-order valence-electron chi connectivity index (χ4n) is 3.78. The number of nitrogens with zero attached hydrogens (tertiary/aromatic N) is 2. The zero-order valence-corrected chi connectivity index (χ0v) is 20.6. The molecule has 9 heteroatoms. The molecule has 35 heavy (non-hydrogen) atoms. The Morgan fingerprint density at radius 3 is 2.40 bits per heavy atom. The first-order chi connectivity index (χ1) is 17.0. The van der Waals surface area contributed by atoms with Gasteiger partial charge < -0.3 is 19.6 Å². The molecule has 4 rings (SSSR count). The molecule has 0 aliphatic carbocycles. The van der Waals surface area contributed by atoms with Crippen LogP contribution in [0, 0.1) is 0 Å². The quantitative estimate of drug-likeness (QED) is 0.278. The summed E-state index contributed by atoms with van der Waals surface area (Å²) >= 11 is 1.57. The van der Waals surface area contributed by atoms with Crippen molar-refractivity contribution in [2.75, 3.05) is 32.8 Å². The molecule has 0 atom stereocenters. The molecule has 1 N–H and O–H groups in total. The minimum atomic E-state index is -0.212. The lowest BCUT2D eigenvalue weighted by Gasteiger charge is -2.31. The topological polar surface area (TPSA) is 89.5 Å². The summed E-state index contributed by atoms with van der Waals surface area (Å²) in [6.07, 6.45) is 1.55. The average Bonchev–Trinajstić information content (AvgIpc) is 2.88. The van der Waals surface area contributed by atoms with Crippen LogP contribution in [0.2, 0.25) is 0 Å². The maximum atomic E-state index is 13.4. The SMILES string of the molecule is COc1ccc(/C=N/NCC(=O)N2c3ccccc3Sc3ccc(C(C)=O)cc32)c(OC)c1OC. The van der Waals surface area contributed by atoms with E-state index in [0.29, 0.717) is 34.1 Å². The van der Waals surface area contributed by atoms with E-state index in [4.69, 9.17) is 14.2 Å². The molecular weight excluding hydrogens is 466 g/mol. The normalized spacial score (nSPS) is 12.1. The van der Waals surface area contributed by atoms with E-state index in [1.807, 2.05) is 30.3 Å². The third-order valence-electron chi connectivity index (χ3n) is 5.44. The van der Waals surface area contributed by atoms with Crippen molar-refractivity contribution >= 4 is 41.0 Å². The Hall–Kier alpha value is -3.98. The van der Waals surface area contributed by atoms with Crippen molar-refractivity contribution in [3.05, 3.63) is 65.7 Å². The van der Waals surface area contributed by atoms with Crippen LogP contribution in [0.15, 0.2) is 69.5 Å². The third kappa shape index (κ3) is 4.81. The van der Waals surface area contributed by atoms with Crippen LogP contribution in [0.1, 0.15) is 22.8 Å². The van der Waals surface area contributed by atoms with Gasteiger partial charge in [0.15, 0.2) is 17.3 Å². The third-order valence-corrected chi connectivity index (χ3v) is 6.57. The van der Waals surface area contributed by atoms with Gasteiger partial charge in [-0.15, -0.1) is 0 Å². The zero-order chi connectivity index (χ0) is 24.9. The summed E-state index contributed by atoms with van der Waals surface area (Å²) in [4.78, 5) is 28.8. The molecule has 0 fully saturated rings. The van der Waals surface area contributed by atoms with Crippen LogP contribution in [-0.2, 0) is 4.79 Å². The van der Waals surface area contributed by atoms with Crippen molar-refractivity contribution in [3.63, 3.8) is 0 Å². The highest BCUT2D eigenvalue weighted by Gasteiger charge is 2.28. The fraction of sp³-hybridized carbons (Fsp3) is 0.192. The Morgan fingerprint density at radius 1 is 0.943 bits per heavy atom. The minimum Gasteiger partial charge on any atom is -0.493 e. The van der Waals surface area contributed by atoms with Gasteiger partial charge >= 0.3 is 0 Å². The molecule has 3 aromatic carbocycles. The molecule has 0 spiro atoms. The van der Waals surface area contributed by atoms with Crippen LogP contribution in [0.5, 0.6) is 17.2 Å². The second kappa shape index (κ2) is 10.5. The molecule has 3 aromatic rings. The summed E-state index contributed by atoms with van der Waals surface area (Å²) < 4.78 is 16.2. The van der Waals surface area contributed by atoms with Crippen LogP contribution in [0.4, 0.5) is 11.4 Å². The molecule has 0 saturated carbocycles. The lowest BCUT2D eigenvalue weighted by molar-refractivity contribution is -0.117. The number of fused-ring (bicyclic) bond motifs is 2. The molecule has 8 nitrogen and oxygen atoms in total. The zero-order valence-electron chi connectivity index (χ0n) is 19.8. The van der Waals surface area contributed by atoms with Crippen LogP contribution in [0.25, 0.3) is 0 Å². The monoisotopic (exact) mass is 491 g/mol. The molecule has 0 radical (unpaired) electrons. The van der Waals surface area contributed by atoms with Gasteiger partial charge in [0.05, 0.1) is 38.9 Å². The Morgan fingerprint density at radius 2 is 1.69 bits per heavy atom. The van der Waals surface area contributed by atoms with E-state index in [2.05, 4.69) is 10.5 Å². The molecule has 0 bridgehead atoms. The largest absolute Gasteiger partial charge is 0.493 e. The number of nitrogens with one attached hydrogen (secondary N) is 1. The van der Waals surface area contributed by atoms with E-state index in [-0.39, 0.29) is 18.2 Å². The lowest BCUT2D eigenvalue weighted by Crippen LogP contribution is -2.35. The molecule has 0 unspecified atom stereocenters. The Labute approximate surface area is 207 Å². The van der Waals surface area contributed by atoms with Gasteiger partial charge in [-0.3, -0.25) is 14.5 Å². The number of carbonyl (C=O) groups is 2. The fourth-order valence-corrected chi connectivity index (χ4v) is 4.81. The van der Waals surface area contributed by atoms with Crippen molar-refractivity contribution in [2.24, 2.45) is 5.10 Å². The summed E-state index contributed by atoms with van der Waals surface area (Å²) in [5.74, 6) is 1.19. The molecule has 1 aliphatic rings. The highest BCUT2D eigenvalue weighted by atomic mass is 32.2. The van der Waals surface area contributed by atoms with E-state index in [9.17, 15) is 9.59 Å². The number of amides is 1. The maximum Gasteiger partial charge on any atom is 0.252 e. The number of rotatable bonds is 8. The Balaban J connectivity index is 1.57. The molecule has 1 heterocycles. The van der Waals surface area contributed by atoms with Crippen LogP contribution >= 0.6 is 11.8 Å². The van der Waals surface area contributed by atoms with Crippen LogP contribution in [-0.4, -0.2) is 45.8 Å². The predicted molar refractivity (Wildman–Crippen MR) is 136 cm³/mol. The highest BCUT2D eigenvalue weighted by molar-refractivity contribution is 7.99. The summed E-state index contributed by atoms with van der Waals surface area (Å²) in [7, 11) is 4.61. The highest BCUT2D eigenvalue weighted by Crippen LogP contribution is 2.48. The van der Waals surface area contributed by atoms with Crippen molar-refractivity contribution in [2.45, 2.75) is 16.7 Å². The first-order valence-corrected chi connectivity index (χ1v) is 11.6. The number of ether oxygens (including phenoxy) is 3. The van der Waals surface area contributed by atoms with Gasteiger partial charge in [-0.25, -0.2) is 0 Å². The van der Waals surface area contributed by atoms with Crippen LogP contribution in [0.3, 0.4) is 0 Å². The van der Waals surface area contributed by atoms with Crippen molar-refractivity contribution in [1.29, 1.82) is 0 Å². The number of benzene rings is 3. The van der Waals surface area contributed by atoms with E-state index in [1.54, 1.807) is 54.3 Å². The first-order valence-electron chi connectivity index (χ1n) is 10.8. The van der Waals surface area contributed by atoms with Gasteiger partial charge in [0.2, 0.25) is 5.75 Å². The Bertz CT molecular complexity index is 1310. The van der Waals surface area contributed by atoms with E-state index >= 15 is 0 Å². The van der Waals surface area contributed by atoms with E-state index in [0.717, 1.165) is 15.5 Å². The Kier molecular flexibility index (Phi) is 7.26. The summed E-state index contributed by atoms with van der Waals surface area (Å²) in [5.41, 5.74) is 5.47. The first kappa shape index (κ1) is 24.2. The van der Waals surface area contributed by atoms with Gasteiger partial charge in [-0.1, -0.05) is 30.0 Å². The number of hydrogen-bond acceptors (Lipinski definition) is 8. The van der Waals surface area contributed by atoms with Gasteiger partial charge in [0.1, 0.15) is 6.54 Å². The predicted octanol–water partition coefficient (Wildman–Crippen LogP) is 4.67. The lowest BCUT2D eigenvalue weighted by atomic mass is 10.1. The molecule has 0 saturated heterocycles. The van der Waals surface area contributed by atoms with Crippen molar-refractivity contribution in [1.82, 2.24) is 5.43 Å². The molecular formula is C26H25N3O5S.